The monoisotopic (exact) mass is 356 g/mol. The van der Waals surface area contributed by atoms with Crippen LogP contribution in [0.4, 0.5) is 4.79 Å². The molecule has 0 aromatic heterocycles. The van der Waals surface area contributed by atoms with Gasteiger partial charge in [0.25, 0.3) is 0 Å². The van der Waals surface area contributed by atoms with Crippen LogP contribution in [0.2, 0.25) is 0 Å². The summed E-state index contributed by atoms with van der Waals surface area (Å²) in [6, 6.07) is 29.8. The third-order valence-corrected chi connectivity index (χ3v) is 4.60. The van der Waals surface area contributed by atoms with Gasteiger partial charge in [0.1, 0.15) is 6.61 Å². The lowest BCUT2D eigenvalue weighted by atomic mass is 9.91. The molecule has 0 fully saturated rings. The molecule has 27 heavy (non-hydrogen) atoms. The number of benzene rings is 3. The summed E-state index contributed by atoms with van der Waals surface area (Å²) < 4.78 is 5.46. The highest BCUT2D eigenvalue weighted by Gasteiger charge is 2.32. The molecule has 1 heterocycles. The van der Waals surface area contributed by atoms with E-state index in [1.54, 1.807) is 0 Å². The molecule has 0 saturated carbocycles. The Hall–Kier alpha value is -3.40. The van der Waals surface area contributed by atoms with Crippen LogP contribution in [0.15, 0.2) is 96.1 Å². The summed E-state index contributed by atoms with van der Waals surface area (Å²) in [6.07, 6.45) is -0.425. The molecule has 134 valence electrons. The molecule has 1 aliphatic rings. The fourth-order valence-corrected chi connectivity index (χ4v) is 3.23. The van der Waals surface area contributed by atoms with Crippen LogP contribution in [-0.2, 0) is 11.3 Å². The Bertz CT molecular complexity index is 924. The SMILES string of the molecule is O=C(OCc1ccccc1)N1CC(c2ccccc2)C(c2ccccc2)=N1. The maximum absolute atomic E-state index is 12.6. The minimum Gasteiger partial charge on any atom is -0.443 e. The lowest BCUT2D eigenvalue weighted by Crippen LogP contribution is -2.26. The second-order valence-corrected chi connectivity index (χ2v) is 6.44. The first-order valence-corrected chi connectivity index (χ1v) is 8.98. The standard InChI is InChI=1S/C23H20N2O2/c26-23(27-17-18-10-4-1-5-11-18)25-16-21(19-12-6-2-7-13-19)22(24-25)20-14-8-3-9-15-20/h1-15,21H,16-17H2. The average molecular weight is 356 g/mol. The largest absolute Gasteiger partial charge is 0.443 e. The molecule has 4 rings (SSSR count). The van der Waals surface area contributed by atoms with Crippen LogP contribution in [0.25, 0.3) is 0 Å². The van der Waals surface area contributed by atoms with Crippen molar-refractivity contribution in [3.05, 3.63) is 108 Å². The topological polar surface area (TPSA) is 41.9 Å². The van der Waals surface area contributed by atoms with Gasteiger partial charge in [0.05, 0.1) is 12.3 Å². The van der Waals surface area contributed by atoms with Crippen molar-refractivity contribution >= 4 is 11.8 Å². The Morgan fingerprint density at radius 3 is 2.15 bits per heavy atom. The third kappa shape index (κ3) is 3.90. The summed E-state index contributed by atoms with van der Waals surface area (Å²) in [4.78, 5) is 12.6. The van der Waals surface area contributed by atoms with E-state index in [-0.39, 0.29) is 12.5 Å². The molecule has 4 heteroatoms. The van der Waals surface area contributed by atoms with Gasteiger partial charge in [0.2, 0.25) is 0 Å². The zero-order valence-corrected chi connectivity index (χ0v) is 14.9. The van der Waals surface area contributed by atoms with E-state index in [2.05, 4.69) is 17.2 Å². The molecule has 0 bridgehead atoms. The molecule has 1 amide bonds. The van der Waals surface area contributed by atoms with Crippen LogP contribution in [0.5, 0.6) is 0 Å². The molecule has 0 radical (unpaired) electrons. The summed E-state index contributed by atoms with van der Waals surface area (Å²) >= 11 is 0. The molecule has 0 aliphatic carbocycles. The maximum atomic E-state index is 12.6. The average Bonchev–Trinajstić information content (AvgIpc) is 3.20. The van der Waals surface area contributed by atoms with Gasteiger partial charge in [-0.1, -0.05) is 91.0 Å². The zero-order valence-electron chi connectivity index (χ0n) is 14.9. The molecule has 0 N–H and O–H groups in total. The van der Waals surface area contributed by atoms with E-state index in [1.165, 1.54) is 5.01 Å². The van der Waals surface area contributed by atoms with E-state index in [9.17, 15) is 4.79 Å². The maximum Gasteiger partial charge on any atom is 0.430 e. The van der Waals surface area contributed by atoms with Crippen molar-refractivity contribution in [2.45, 2.75) is 12.5 Å². The molecule has 1 atom stereocenters. The van der Waals surface area contributed by atoms with Gasteiger partial charge in [-0.3, -0.25) is 0 Å². The van der Waals surface area contributed by atoms with Crippen LogP contribution in [0.1, 0.15) is 22.6 Å². The van der Waals surface area contributed by atoms with E-state index in [4.69, 9.17) is 4.74 Å². The minimum absolute atomic E-state index is 0.0258. The smallest absolute Gasteiger partial charge is 0.430 e. The minimum atomic E-state index is -0.425. The number of hydrogen-bond donors (Lipinski definition) is 0. The van der Waals surface area contributed by atoms with Crippen molar-refractivity contribution < 1.29 is 9.53 Å². The third-order valence-electron chi connectivity index (χ3n) is 4.60. The van der Waals surface area contributed by atoms with Gasteiger partial charge in [-0.2, -0.15) is 10.1 Å². The molecule has 0 saturated heterocycles. The Morgan fingerprint density at radius 1 is 0.889 bits per heavy atom. The fraction of sp³-hybridized carbons (Fsp3) is 0.130. The summed E-state index contributed by atoms with van der Waals surface area (Å²) in [5.41, 5.74) is 4.00. The first-order valence-electron chi connectivity index (χ1n) is 8.98. The van der Waals surface area contributed by atoms with E-state index < -0.39 is 6.09 Å². The lowest BCUT2D eigenvalue weighted by molar-refractivity contribution is 0.100. The Kier molecular flexibility index (Phi) is 4.97. The zero-order chi connectivity index (χ0) is 18.5. The van der Waals surface area contributed by atoms with E-state index in [1.807, 2.05) is 78.9 Å². The number of hydrogen-bond acceptors (Lipinski definition) is 3. The van der Waals surface area contributed by atoms with Gasteiger partial charge in [-0.15, -0.1) is 0 Å². The Balaban J connectivity index is 1.55. The van der Waals surface area contributed by atoms with Gasteiger partial charge in [-0.05, 0) is 16.7 Å². The van der Waals surface area contributed by atoms with Crippen molar-refractivity contribution in [2.24, 2.45) is 5.10 Å². The molecule has 3 aromatic rings. The number of amides is 1. The van der Waals surface area contributed by atoms with E-state index >= 15 is 0 Å². The number of rotatable bonds is 4. The first-order chi connectivity index (χ1) is 13.3. The summed E-state index contributed by atoms with van der Waals surface area (Å²) in [5, 5.41) is 6.04. The van der Waals surface area contributed by atoms with Crippen molar-refractivity contribution in [1.29, 1.82) is 0 Å². The van der Waals surface area contributed by atoms with Gasteiger partial charge in [0, 0.05) is 5.92 Å². The van der Waals surface area contributed by atoms with Crippen LogP contribution >= 0.6 is 0 Å². The van der Waals surface area contributed by atoms with Gasteiger partial charge < -0.3 is 4.74 Å². The molecule has 1 unspecified atom stereocenters. The number of ether oxygens (including phenoxy) is 1. The lowest BCUT2D eigenvalue weighted by Gasteiger charge is -2.15. The Labute approximate surface area is 158 Å². The summed E-state index contributed by atoms with van der Waals surface area (Å²) in [7, 11) is 0. The molecule has 1 aliphatic heterocycles. The molecule has 0 spiro atoms. The number of carbonyl (C=O) groups excluding carboxylic acids is 1. The molecular formula is C23H20N2O2. The van der Waals surface area contributed by atoms with E-state index in [0.29, 0.717) is 6.54 Å². The predicted octanol–water partition coefficient (Wildman–Crippen LogP) is 4.83. The van der Waals surface area contributed by atoms with Crippen molar-refractivity contribution in [2.75, 3.05) is 6.54 Å². The number of carbonyl (C=O) groups is 1. The first kappa shape index (κ1) is 17.0. The molecular weight excluding hydrogens is 336 g/mol. The highest BCUT2D eigenvalue weighted by Crippen LogP contribution is 2.29. The van der Waals surface area contributed by atoms with E-state index in [0.717, 1.165) is 22.4 Å². The normalized spacial score (nSPS) is 16.1. The van der Waals surface area contributed by atoms with Crippen LogP contribution < -0.4 is 0 Å². The van der Waals surface area contributed by atoms with Gasteiger partial charge >= 0.3 is 6.09 Å². The quantitative estimate of drug-likeness (QED) is 0.672. The van der Waals surface area contributed by atoms with Crippen molar-refractivity contribution in [3.8, 4) is 0 Å². The fourth-order valence-electron chi connectivity index (χ4n) is 3.23. The predicted molar refractivity (Wildman–Crippen MR) is 105 cm³/mol. The van der Waals surface area contributed by atoms with Crippen LogP contribution in [0, 0.1) is 0 Å². The second kappa shape index (κ2) is 7.87. The second-order valence-electron chi connectivity index (χ2n) is 6.44. The highest BCUT2D eigenvalue weighted by molar-refractivity contribution is 6.07. The summed E-state index contributed by atoms with van der Waals surface area (Å²) in [6.45, 7) is 0.713. The summed E-state index contributed by atoms with van der Waals surface area (Å²) in [5.74, 6) is 0.0258. The van der Waals surface area contributed by atoms with Crippen LogP contribution in [0.3, 0.4) is 0 Å². The van der Waals surface area contributed by atoms with Gasteiger partial charge in [-0.25, -0.2) is 4.79 Å². The van der Waals surface area contributed by atoms with Gasteiger partial charge in [0.15, 0.2) is 0 Å². The molecule has 4 nitrogen and oxygen atoms in total. The Morgan fingerprint density at radius 2 is 1.48 bits per heavy atom. The van der Waals surface area contributed by atoms with Crippen molar-refractivity contribution in [1.82, 2.24) is 5.01 Å². The highest BCUT2D eigenvalue weighted by atomic mass is 16.6. The number of hydrazone groups is 1. The molecule has 3 aromatic carbocycles. The number of nitrogens with zero attached hydrogens (tertiary/aromatic N) is 2. The van der Waals surface area contributed by atoms with Crippen molar-refractivity contribution in [3.63, 3.8) is 0 Å². The van der Waals surface area contributed by atoms with Crippen LogP contribution in [-0.4, -0.2) is 23.4 Å².